The zero-order chi connectivity index (χ0) is 24.2. The maximum absolute atomic E-state index is 13.7. The Kier molecular flexibility index (Phi) is 6.48. The molecular formula is C24H21F2N5O3. The second-order valence-corrected chi connectivity index (χ2v) is 7.24. The van der Waals surface area contributed by atoms with E-state index in [0.29, 0.717) is 33.8 Å². The fourth-order valence-electron chi connectivity index (χ4n) is 3.43. The molecule has 2 aromatic heterocycles. The molecule has 2 aromatic carbocycles. The van der Waals surface area contributed by atoms with Crippen molar-refractivity contribution in [1.29, 1.82) is 0 Å². The van der Waals surface area contributed by atoms with Crippen LogP contribution < -0.4 is 20.8 Å². The molecule has 0 spiro atoms. The standard InChI is InChI=1S/C24H21F2N5O3/c1-28-12-15-11-16(5-8-18(15)27)31-24(32)22(14-3-6-17(33-2)7-4-14)23-19(30-31)9-10-21(29-23)34-13-20(25)26/h3-12,20H,13,27H2,1-2H3. The molecule has 10 heteroatoms. The van der Waals surface area contributed by atoms with Crippen LogP contribution in [0.1, 0.15) is 5.56 Å². The molecule has 2 heterocycles. The summed E-state index contributed by atoms with van der Waals surface area (Å²) >= 11 is 0. The number of nitrogens with zero attached hydrogens (tertiary/aromatic N) is 4. The molecule has 0 unspecified atom stereocenters. The van der Waals surface area contributed by atoms with Gasteiger partial charge in [-0.1, -0.05) is 12.1 Å². The van der Waals surface area contributed by atoms with Gasteiger partial charge in [0, 0.05) is 30.6 Å². The summed E-state index contributed by atoms with van der Waals surface area (Å²) in [4.78, 5) is 22.0. The highest BCUT2D eigenvalue weighted by molar-refractivity contribution is 5.91. The highest BCUT2D eigenvalue weighted by Crippen LogP contribution is 2.27. The zero-order valence-corrected chi connectivity index (χ0v) is 18.4. The normalized spacial score (nSPS) is 11.4. The highest BCUT2D eigenvalue weighted by Gasteiger charge is 2.18. The van der Waals surface area contributed by atoms with Crippen LogP contribution in [0.5, 0.6) is 11.6 Å². The third kappa shape index (κ3) is 4.56. The van der Waals surface area contributed by atoms with Crippen LogP contribution in [-0.2, 0) is 0 Å². The monoisotopic (exact) mass is 465 g/mol. The van der Waals surface area contributed by atoms with Crippen molar-refractivity contribution in [2.75, 3.05) is 26.5 Å². The van der Waals surface area contributed by atoms with E-state index in [0.717, 1.165) is 0 Å². The van der Waals surface area contributed by atoms with Crippen LogP contribution in [-0.4, -0.2) is 48.2 Å². The second kappa shape index (κ2) is 9.65. The number of anilines is 1. The molecular weight excluding hydrogens is 444 g/mol. The van der Waals surface area contributed by atoms with Crippen molar-refractivity contribution in [3.8, 4) is 28.4 Å². The summed E-state index contributed by atoms with van der Waals surface area (Å²) in [7, 11) is 3.16. The minimum absolute atomic E-state index is 0.0320. The predicted molar refractivity (Wildman–Crippen MR) is 127 cm³/mol. The first-order valence-corrected chi connectivity index (χ1v) is 10.2. The number of fused-ring (bicyclic) bond motifs is 1. The predicted octanol–water partition coefficient (Wildman–Crippen LogP) is 3.73. The van der Waals surface area contributed by atoms with Gasteiger partial charge in [-0.2, -0.15) is 9.78 Å². The Morgan fingerprint density at radius 1 is 1.15 bits per heavy atom. The van der Waals surface area contributed by atoms with Gasteiger partial charge in [0.1, 0.15) is 16.8 Å². The molecule has 0 aliphatic rings. The summed E-state index contributed by atoms with van der Waals surface area (Å²) in [5, 5.41) is 4.46. The van der Waals surface area contributed by atoms with E-state index in [9.17, 15) is 13.6 Å². The summed E-state index contributed by atoms with van der Waals surface area (Å²) in [6.45, 7) is -0.811. The van der Waals surface area contributed by atoms with Crippen LogP contribution in [0.3, 0.4) is 0 Å². The molecule has 8 nitrogen and oxygen atoms in total. The number of nitrogens with two attached hydrogens (primary N) is 1. The van der Waals surface area contributed by atoms with Crippen LogP contribution in [0.2, 0.25) is 0 Å². The summed E-state index contributed by atoms with van der Waals surface area (Å²) in [6, 6.07) is 14.9. The van der Waals surface area contributed by atoms with Crippen molar-refractivity contribution in [3.05, 3.63) is 70.5 Å². The average molecular weight is 465 g/mol. The molecule has 0 aliphatic heterocycles. The van der Waals surface area contributed by atoms with Gasteiger partial charge in [0.2, 0.25) is 5.88 Å². The van der Waals surface area contributed by atoms with Gasteiger partial charge >= 0.3 is 0 Å². The van der Waals surface area contributed by atoms with E-state index < -0.39 is 18.6 Å². The van der Waals surface area contributed by atoms with Gasteiger partial charge in [-0.05, 0) is 42.0 Å². The zero-order valence-electron chi connectivity index (χ0n) is 18.4. The number of aromatic nitrogens is 3. The van der Waals surface area contributed by atoms with E-state index in [-0.39, 0.29) is 17.0 Å². The first kappa shape index (κ1) is 22.8. The number of halogens is 2. The van der Waals surface area contributed by atoms with Crippen LogP contribution in [0.15, 0.2) is 64.4 Å². The number of pyridine rings is 1. The second-order valence-electron chi connectivity index (χ2n) is 7.24. The molecule has 34 heavy (non-hydrogen) atoms. The molecule has 0 radical (unpaired) electrons. The number of rotatable bonds is 7. The van der Waals surface area contributed by atoms with Gasteiger partial charge in [0.15, 0.2) is 6.61 Å². The smallest absolute Gasteiger partial charge is 0.281 e. The number of hydrogen-bond acceptors (Lipinski definition) is 7. The van der Waals surface area contributed by atoms with Crippen LogP contribution in [0.4, 0.5) is 14.5 Å². The Morgan fingerprint density at radius 3 is 2.59 bits per heavy atom. The lowest BCUT2D eigenvalue weighted by Gasteiger charge is -2.13. The Hall–Kier alpha value is -4.34. The van der Waals surface area contributed by atoms with Crippen molar-refractivity contribution < 1.29 is 18.3 Å². The fraction of sp³-hybridized carbons (Fsp3) is 0.167. The highest BCUT2D eigenvalue weighted by atomic mass is 19.3. The fourth-order valence-corrected chi connectivity index (χ4v) is 3.43. The maximum atomic E-state index is 13.7. The minimum Gasteiger partial charge on any atom is -0.497 e. The topological polar surface area (TPSA) is 105 Å². The summed E-state index contributed by atoms with van der Waals surface area (Å²) < 4.78 is 36.8. The number of ether oxygens (including phenoxy) is 2. The van der Waals surface area contributed by atoms with E-state index in [1.807, 2.05) is 0 Å². The third-order valence-electron chi connectivity index (χ3n) is 5.02. The van der Waals surface area contributed by atoms with E-state index in [1.165, 1.54) is 17.9 Å². The van der Waals surface area contributed by atoms with Gasteiger partial charge in [-0.15, -0.1) is 0 Å². The first-order chi connectivity index (χ1) is 16.4. The van der Waals surface area contributed by atoms with E-state index in [1.54, 1.807) is 61.8 Å². The largest absolute Gasteiger partial charge is 0.497 e. The third-order valence-corrected chi connectivity index (χ3v) is 5.02. The Labute approximate surface area is 193 Å². The molecule has 4 aromatic rings. The Morgan fingerprint density at radius 2 is 1.91 bits per heavy atom. The molecule has 4 rings (SSSR count). The van der Waals surface area contributed by atoms with Crippen LogP contribution in [0, 0.1) is 0 Å². The number of aliphatic imine (C=N–C) groups is 1. The van der Waals surface area contributed by atoms with E-state index in [2.05, 4.69) is 15.1 Å². The number of nitrogen functional groups attached to an aromatic ring is 1. The Balaban J connectivity index is 1.97. The molecule has 0 atom stereocenters. The average Bonchev–Trinajstić information content (AvgIpc) is 2.84. The molecule has 0 aliphatic carbocycles. The van der Waals surface area contributed by atoms with Crippen LogP contribution >= 0.6 is 0 Å². The summed E-state index contributed by atoms with van der Waals surface area (Å²) in [6.07, 6.45) is -1.07. The molecule has 0 saturated carbocycles. The minimum atomic E-state index is -2.66. The van der Waals surface area contributed by atoms with Gasteiger partial charge in [-0.25, -0.2) is 13.8 Å². The number of methoxy groups -OCH3 is 1. The van der Waals surface area contributed by atoms with Gasteiger partial charge in [0.05, 0.1) is 18.4 Å². The lowest BCUT2D eigenvalue weighted by molar-refractivity contribution is 0.0798. The van der Waals surface area contributed by atoms with Crippen molar-refractivity contribution in [3.63, 3.8) is 0 Å². The Bertz CT molecular complexity index is 1420. The van der Waals surface area contributed by atoms with Gasteiger partial charge < -0.3 is 15.2 Å². The number of alkyl halides is 2. The summed E-state index contributed by atoms with van der Waals surface area (Å²) in [5.74, 6) is 0.578. The molecule has 2 N–H and O–H groups in total. The van der Waals surface area contributed by atoms with Crippen molar-refractivity contribution in [2.45, 2.75) is 6.43 Å². The van der Waals surface area contributed by atoms with Gasteiger partial charge in [0.25, 0.3) is 12.0 Å². The number of hydrogen-bond donors (Lipinski definition) is 1. The molecule has 0 fully saturated rings. The quantitative estimate of drug-likeness (QED) is 0.329. The van der Waals surface area contributed by atoms with Crippen LogP contribution in [0.25, 0.3) is 27.8 Å². The van der Waals surface area contributed by atoms with E-state index in [4.69, 9.17) is 15.2 Å². The lowest BCUT2D eigenvalue weighted by atomic mass is 10.1. The lowest BCUT2D eigenvalue weighted by Crippen LogP contribution is -2.24. The maximum Gasteiger partial charge on any atom is 0.281 e. The van der Waals surface area contributed by atoms with Crippen molar-refractivity contribution in [1.82, 2.24) is 14.8 Å². The SMILES string of the molecule is CN=Cc1cc(-n2nc3ccc(OCC(F)F)nc3c(-c3ccc(OC)cc3)c2=O)ccc1N. The van der Waals surface area contributed by atoms with Crippen molar-refractivity contribution >= 4 is 22.9 Å². The van der Waals surface area contributed by atoms with Crippen molar-refractivity contribution in [2.24, 2.45) is 4.99 Å². The molecule has 0 bridgehead atoms. The summed E-state index contributed by atoms with van der Waals surface area (Å²) in [5.41, 5.74) is 8.54. The van der Waals surface area contributed by atoms with E-state index >= 15 is 0 Å². The number of benzene rings is 2. The van der Waals surface area contributed by atoms with Gasteiger partial charge in [-0.3, -0.25) is 9.79 Å². The first-order valence-electron chi connectivity index (χ1n) is 10.2. The molecule has 0 saturated heterocycles. The molecule has 174 valence electrons. The molecule has 0 amide bonds.